The van der Waals surface area contributed by atoms with E-state index < -0.39 is 12.1 Å². The highest BCUT2D eigenvalue weighted by Crippen LogP contribution is 2.20. The lowest BCUT2D eigenvalue weighted by Crippen LogP contribution is -2.38. The van der Waals surface area contributed by atoms with Gasteiger partial charge in [0, 0.05) is 18.5 Å². The van der Waals surface area contributed by atoms with Gasteiger partial charge in [-0.15, -0.1) is 11.8 Å². The fourth-order valence-corrected chi connectivity index (χ4v) is 2.00. The van der Waals surface area contributed by atoms with Crippen LogP contribution in [0.15, 0.2) is 29.2 Å². The average Bonchev–Trinajstić information content (AvgIpc) is 2.44. The van der Waals surface area contributed by atoms with E-state index in [4.69, 9.17) is 9.84 Å². The molecule has 0 radical (unpaired) electrons. The lowest BCUT2D eigenvalue weighted by atomic mass is 10.3. The Morgan fingerprint density at radius 2 is 1.95 bits per heavy atom. The Morgan fingerprint density at radius 3 is 2.45 bits per heavy atom. The first-order valence-corrected chi connectivity index (χ1v) is 7.44. The maximum atomic E-state index is 12.0. The van der Waals surface area contributed by atoms with E-state index >= 15 is 0 Å². The topological polar surface area (TPSA) is 66.8 Å². The number of likely N-dealkylation sites (N-methyl/N-ethyl adjacent to an activating group) is 1. The number of ether oxygens (including phenoxy) is 1. The van der Waals surface area contributed by atoms with E-state index in [0.29, 0.717) is 5.75 Å². The van der Waals surface area contributed by atoms with E-state index in [-0.39, 0.29) is 18.9 Å². The first-order chi connectivity index (χ1) is 9.43. The van der Waals surface area contributed by atoms with Gasteiger partial charge in [0.05, 0.1) is 6.42 Å². The molecule has 1 N–H and O–H groups in total. The Labute approximate surface area is 122 Å². The van der Waals surface area contributed by atoms with Crippen molar-refractivity contribution in [1.29, 1.82) is 0 Å². The van der Waals surface area contributed by atoms with Gasteiger partial charge >= 0.3 is 5.97 Å². The molecule has 1 aromatic rings. The number of carbonyl (C=O) groups is 2. The quantitative estimate of drug-likeness (QED) is 0.781. The van der Waals surface area contributed by atoms with E-state index in [1.54, 1.807) is 25.7 Å². The number of nitrogens with zero attached hydrogens (tertiary/aromatic N) is 1. The second kappa shape index (κ2) is 7.79. The van der Waals surface area contributed by atoms with Crippen LogP contribution >= 0.6 is 11.8 Å². The number of hydrogen-bond donors (Lipinski definition) is 1. The molecule has 0 bridgehead atoms. The largest absolute Gasteiger partial charge is 0.481 e. The predicted molar refractivity (Wildman–Crippen MR) is 78.2 cm³/mol. The van der Waals surface area contributed by atoms with Crippen LogP contribution in [0.4, 0.5) is 0 Å². The molecule has 0 spiro atoms. The van der Waals surface area contributed by atoms with Crippen molar-refractivity contribution < 1.29 is 19.4 Å². The second-order valence-corrected chi connectivity index (χ2v) is 5.22. The van der Waals surface area contributed by atoms with Crippen molar-refractivity contribution in [2.75, 3.05) is 19.8 Å². The van der Waals surface area contributed by atoms with E-state index in [2.05, 4.69) is 0 Å². The van der Waals surface area contributed by atoms with Crippen molar-refractivity contribution in [2.24, 2.45) is 0 Å². The number of rotatable bonds is 7. The van der Waals surface area contributed by atoms with Gasteiger partial charge in [-0.05, 0) is 37.4 Å². The summed E-state index contributed by atoms with van der Waals surface area (Å²) in [5.41, 5.74) is 0. The third-order valence-electron chi connectivity index (χ3n) is 2.76. The standard InChI is InChI=1S/C14H19NO4S/c1-10(14(18)15(2)9-8-13(16)17)19-11-4-6-12(20-3)7-5-11/h4-7,10H,8-9H2,1-3H3,(H,16,17). The minimum atomic E-state index is -0.925. The number of carbonyl (C=O) groups excluding carboxylic acids is 1. The number of carboxylic acid groups (broad SMARTS) is 1. The number of aliphatic carboxylic acids is 1. The zero-order valence-corrected chi connectivity index (χ0v) is 12.6. The molecule has 0 saturated heterocycles. The van der Waals surface area contributed by atoms with Crippen LogP contribution in [0, 0.1) is 0 Å². The molecule has 0 heterocycles. The van der Waals surface area contributed by atoms with E-state index in [9.17, 15) is 9.59 Å². The van der Waals surface area contributed by atoms with Gasteiger partial charge in [-0.1, -0.05) is 0 Å². The highest BCUT2D eigenvalue weighted by atomic mass is 32.2. The van der Waals surface area contributed by atoms with Gasteiger partial charge in [0.2, 0.25) is 0 Å². The van der Waals surface area contributed by atoms with Gasteiger partial charge in [0.15, 0.2) is 6.10 Å². The molecule has 1 unspecified atom stereocenters. The minimum absolute atomic E-state index is 0.0720. The molecule has 0 aliphatic carbocycles. The van der Waals surface area contributed by atoms with Crippen LogP contribution < -0.4 is 4.74 Å². The Hall–Kier alpha value is -1.69. The van der Waals surface area contributed by atoms with Crippen LogP contribution in [-0.2, 0) is 9.59 Å². The van der Waals surface area contributed by atoms with Crippen molar-refractivity contribution in [3.63, 3.8) is 0 Å². The maximum Gasteiger partial charge on any atom is 0.305 e. The molecule has 1 aromatic carbocycles. The van der Waals surface area contributed by atoms with Gasteiger partial charge in [0.25, 0.3) is 5.91 Å². The van der Waals surface area contributed by atoms with Crippen LogP contribution in [0.5, 0.6) is 5.75 Å². The van der Waals surface area contributed by atoms with Crippen LogP contribution in [-0.4, -0.2) is 47.8 Å². The van der Waals surface area contributed by atoms with Crippen LogP contribution in [0.2, 0.25) is 0 Å². The average molecular weight is 297 g/mol. The summed E-state index contributed by atoms with van der Waals surface area (Å²) >= 11 is 1.63. The first-order valence-electron chi connectivity index (χ1n) is 6.21. The molecular formula is C14H19NO4S. The normalized spacial score (nSPS) is 11.8. The molecule has 1 atom stereocenters. The number of hydrogen-bond acceptors (Lipinski definition) is 4. The number of thioether (sulfide) groups is 1. The van der Waals surface area contributed by atoms with Crippen LogP contribution in [0.3, 0.4) is 0 Å². The summed E-state index contributed by atoms with van der Waals surface area (Å²) < 4.78 is 5.56. The monoisotopic (exact) mass is 297 g/mol. The molecule has 110 valence electrons. The number of benzene rings is 1. The van der Waals surface area contributed by atoms with Gasteiger partial charge in [-0.3, -0.25) is 9.59 Å². The number of carboxylic acids is 1. The predicted octanol–water partition coefficient (Wildman–Crippen LogP) is 2.11. The van der Waals surface area contributed by atoms with Gasteiger partial charge in [0.1, 0.15) is 5.75 Å². The van der Waals surface area contributed by atoms with Crippen molar-refractivity contribution >= 4 is 23.6 Å². The lowest BCUT2D eigenvalue weighted by Gasteiger charge is -2.21. The SMILES string of the molecule is CSc1ccc(OC(C)C(=O)N(C)CCC(=O)O)cc1. The summed E-state index contributed by atoms with van der Waals surface area (Å²) in [6, 6.07) is 7.47. The molecule has 6 heteroatoms. The molecule has 0 aromatic heterocycles. The molecule has 1 rings (SSSR count). The van der Waals surface area contributed by atoms with Crippen molar-refractivity contribution in [3.05, 3.63) is 24.3 Å². The third kappa shape index (κ3) is 5.13. The van der Waals surface area contributed by atoms with E-state index in [1.807, 2.05) is 30.5 Å². The molecule has 1 amide bonds. The summed E-state index contributed by atoms with van der Waals surface area (Å²) in [5.74, 6) is -0.540. The summed E-state index contributed by atoms with van der Waals surface area (Å²) in [6.45, 7) is 1.83. The molecular weight excluding hydrogens is 278 g/mol. The molecule has 20 heavy (non-hydrogen) atoms. The molecule has 0 aliphatic rings. The van der Waals surface area contributed by atoms with Crippen molar-refractivity contribution in [1.82, 2.24) is 4.90 Å². The molecule has 5 nitrogen and oxygen atoms in total. The lowest BCUT2D eigenvalue weighted by molar-refractivity contribution is -0.140. The summed E-state index contributed by atoms with van der Waals surface area (Å²) in [7, 11) is 1.57. The highest BCUT2D eigenvalue weighted by molar-refractivity contribution is 7.98. The highest BCUT2D eigenvalue weighted by Gasteiger charge is 2.19. The van der Waals surface area contributed by atoms with Crippen LogP contribution in [0.1, 0.15) is 13.3 Å². The molecule has 0 aliphatic heterocycles. The fourth-order valence-electron chi connectivity index (χ4n) is 1.59. The smallest absolute Gasteiger partial charge is 0.305 e. The summed E-state index contributed by atoms with van der Waals surface area (Å²) in [4.78, 5) is 25.0. The zero-order chi connectivity index (χ0) is 15.1. The van der Waals surface area contributed by atoms with E-state index in [1.165, 1.54) is 4.90 Å². The Morgan fingerprint density at radius 1 is 1.35 bits per heavy atom. The Bertz CT molecular complexity index is 461. The van der Waals surface area contributed by atoms with Gasteiger partial charge in [-0.25, -0.2) is 0 Å². The number of amides is 1. The molecule has 0 fully saturated rings. The third-order valence-corrected chi connectivity index (χ3v) is 3.50. The van der Waals surface area contributed by atoms with E-state index in [0.717, 1.165) is 4.90 Å². The second-order valence-electron chi connectivity index (χ2n) is 4.34. The fraction of sp³-hybridized carbons (Fsp3) is 0.429. The van der Waals surface area contributed by atoms with Crippen molar-refractivity contribution in [3.8, 4) is 5.75 Å². The Balaban J connectivity index is 2.53. The van der Waals surface area contributed by atoms with Crippen LogP contribution in [0.25, 0.3) is 0 Å². The molecule has 0 saturated carbocycles. The van der Waals surface area contributed by atoms with Crippen molar-refractivity contribution in [2.45, 2.75) is 24.3 Å². The summed E-state index contributed by atoms with van der Waals surface area (Å²) in [5, 5.41) is 8.60. The van der Waals surface area contributed by atoms with Gasteiger partial charge in [-0.2, -0.15) is 0 Å². The summed E-state index contributed by atoms with van der Waals surface area (Å²) in [6.07, 6.45) is 1.27. The Kier molecular flexibility index (Phi) is 6.38. The first kappa shape index (κ1) is 16.4. The minimum Gasteiger partial charge on any atom is -0.481 e. The van der Waals surface area contributed by atoms with Gasteiger partial charge < -0.3 is 14.7 Å². The maximum absolute atomic E-state index is 12.0. The zero-order valence-electron chi connectivity index (χ0n) is 11.8.